The lowest BCUT2D eigenvalue weighted by molar-refractivity contribution is -0.137. The molecule has 1 N–H and O–H groups in total. The van der Waals surface area contributed by atoms with Crippen molar-refractivity contribution in [3.05, 3.63) is 0 Å². The second-order valence-electron chi connectivity index (χ2n) is 5.92. The Morgan fingerprint density at radius 3 is 2.50 bits per heavy atom. The molecule has 6 nitrogen and oxygen atoms in total. The molecule has 2 amide bonds. The number of carbonyl (C=O) groups excluding carboxylic acids is 1. The van der Waals surface area contributed by atoms with Crippen LogP contribution in [0.4, 0.5) is 4.79 Å². The minimum Gasteiger partial charge on any atom is -0.481 e. The molecule has 1 saturated heterocycles. The van der Waals surface area contributed by atoms with E-state index in [4.69, 9.17) is 5.11 Å². The quantitative estimate of drug-likeness (QED) is 0.827. The van der Waals surface area contributed by atoms with E-state index >= 15 is 0 Å². The highest BCUT2D eigenvalue weighted by Crippen LogP contribution is 2.16. The highest BCUT2D eigenvalue weighted by molar-refractivity contribution is 5.76. The zero-order valence-corrected chi connectivity index (χ0v) is 13.0. The number of urea groups is 1. The lowest BCUT2D eigenvalue weighted by atomic mass is 10.1. The van der Waals surface area contributed by atoms with Gasteiger partial charge >= 0.3 is 12.0 Å². The van der Waals surface area contributed by atoms with E-state index in [9.17, 15) is 9.59 Å². The Bertz CT molecular complexity index is 345. The summed E-state index contributed by atoms with van der Waals surface area (Å²) in [6.07, 6.45) is 2.10. The summed E-state index contributed by atoms with van der Waals surface area (Å²) in [5.74, 6) is -0.867. The summed E-state index contributed by atoms with van der Waals surface area (Å²) in [5.41, 5.74) is 0. The van der Waals surface area contributed by atoms with Gasteiger partial charge in [0.15, 0.2) is 0 Å². The van der Waals surface area contributed by atoms with Crippen LogP contribution in [-0.4, -0.2) is 77.6 Å². The number of amides is 2. The van der Waals surface area contributed by atoms with Crippen LogP contribution in [0.3, 0.4) is 0 Å². The smallest absolute Gasteiger partial charge is 0.320 e. The number of rotatable bonds is 5. The number of aliphatic carboxylic acids is 1. The van der Waals surface area contributed by atoms with Crippen molar-refractivity contribution in [3.63, 3.8) is 0 Å². The first-order valence-electron chi connectivity index (χ1n) is 7.26. The summed E-state index contributed by atoms with van der Waals surface area (Å²) >= 11 is 0. The van der Waals surface area contributed by atoms with Crippen LogP contribution in [-0.2, 0) is 4.79 Å². The number of likely N-dealkylation sites (tertiary alicyclic amines) is 1. The maximum atomic E-state index is 12.6. The number of carboxylic acids is 1. The van der Waals surface area contributed by atoms with Crippen molar-refractivity contribution in [1.82, 2.24) is 14.7 Å². The molecule has 0 aromatic rings. The largest absolute Gasteiger partial charge is 0.481 e. The first kappa shape index (κ1) is 16.8. The lowest BCUT2D eigenvalue weighted by Crippen LogP contribution is -2.53. The van der Waals surface area contributed by atoms with E-state index in [1.807, 2.05) is 32.8 Å². The summed E-state index contributed by atoms with van der Waals surface area (Å²) in [4.78, 5) is 28.9. The van der Waals surface area contributed by atoms with Crippen molar-refractivity contribution in [2.45, 2.75) is 45.2 Å². The normalized spacial score (nSPS) is 19.5. The summed E-state index contributed by atoms with van der Waals surface area (Å²) in [5, 5.41) is 8.79. The van der Waals surface area contributed by atoms with Crippen molar-refractivity contribution in [2.24, 2.45) is 0 Å². The van der Waals surface area contributed by atoms with E-state index in [0.717, 1.165) is 25.9 Å². The molecule has 0 aromatic carbocycles. The van der Waals surface area contributed by atoms with Crippen LogP contribution >= 0.6 is 0 Å². The number of piperidine rings is 1. The molecule has 1 unspecified atom stereocenters. The molecule has 1 fully saturated rings. The predicted molar refractivity (Wildman–Crippen MR) is 77.8 cm³/mol. The standard InChI is InChI=1S/C14H27N3O3/c1-11(2)17(9-7-13(18)19)14(20)16-8-5-6-12(10-16)15(3)4/h11-12H,5-10H2,1-4H3,(H,18,19). The first-order chi connectivity index (χ1) is 9.32. The van der Waals surface area contributed by atoms with E-state index in [0.29, 0.717) is 6.04 Å². The molecule has 1 heterocycles. The molecule has 20 heavy (non-hydrogen) atoms. The predicted octanol–water partition coefficient (Wildman–Crippen LogP) is 1.32. The number of nitrogens with zero attached hydrogens (tertiary/aromatic N) is 3. The van der Waals surface area contributed by atoms with Crippen molar-refractivity contribution >= 4 is 12.0 Å². The third kappa shape index (κ3) is 4.67. The van der Waals surface area contributed by atoms with E-state index in [-0.39, 0.29) is 25.0 Å². The third-order valence-corrected chi connectivity index (χ3v) is 3.83. The number of carbonyl (C=O) groups is 2. The topological polar surface area (TPSA) is 64.1 Å². The Hall–Kier alpha value is -1.30. The molecule has 1 aliphatic heterocycles. The molecule has 116 valence electrons. The molecular weight excluding hydrogens is 258 g/mol. The van der Waals surface area contributed by atoms with Gasteiger partial charge in [0.05, 0.1) is 6.42 Å². The SMILES string of the molecule is CC(C)N(CCC(=O)O)C(=O)N1CCCC(N(C)C)C1. The summed E-state index contributed by atoms with van der Waals surface area (Å²) in [6, 6.07) is 0.371. The highest BCUT2D eigenvalue weighted by Gasteiger charge is 2.29. The fraction of sp³-hybridized carbons (Fsp3) is 0.857. The third-order valence-electron chi connectivity index (χ3n) is 3.83. The second-order valence-corrected chi connectivity index (χ2v) is 5.92. The molecule has 0 aromatic heterocycles. The van der Waals surface area contributed by atoms with E-state index in [2.05, 4.69) is 4.90 Å². The average Bonchev–Trinajstić information content (AvgIpc) is 2.38. The zero-order valence-electron chi connectivity index (χ0n) is 13.0. The molecular formula is C14H27N3O3. The summed E-state index contributed by atoms with van der Waals surface area (Å²) in [7, 11) is 4.06. The Kier molecular flexibility index (Phi) is 6.26. The van der Waals surface area contributed by atoms with E-state index in [1.165, 1.54) is 0 Å². The fourth-order valence-corrected chi connectivity index (χ4v) is 2.52. The highest BCUT2D eigenvalue weighted by atomic mass is 16.4. The van der Waals surface area contributed by atoms with Crippen LogP contribution in [0.5, 0.6) is 0 Å². The van der Waals surface area contributed by atoms with Gasteiger partial charge in [-0.05, 0) is 40.8 Å². The molecule has 0 radical (unpaired) electrons. The van der Waals surface area contributed by atoms with Gasteiger partial charge in [-0.25, -0.2) is 4.79 Å². The zero-order chi connectivity index (χ0) is 15.3. The Morgan fingerprint density at radius 2 is 2.00 bits per heavy atom. The van der Waals surface area contributed by atoms with Crippen LogP contribution in [0.1, 0.15) is 33.1 Å². The number of likely N-dealkylation sites (N-methyl/N-ethyl adjacent to an activating group) is 1. The van der Waals surface area contributed by atoms with Crippen molar-refractivity contribution in [2.75, 3.05) is 33.7 Å². The van der Waals surface area contributed by atoms with E-state index < -0.39 is 5.97 Å². The molecule has 1 rings (SSSR count). The number of carboxylic acid groups (broad SMARTS) is 1. The molecule has 1 aliphatic rings. The summed E-state index contributed by atoms with van der Waals surface area (Å²) < 4.78 is 0. The molecule has 0 spiro atoms. The van der Waals surface area contributed by atoms with Crippen molar-refractivity contribution in [3.8, 4) is 0 Å². The van der Waals surface area contributed by atoms with Crippen LogP contribution in [0.15, 0.2) is 0 Å². The van der Waals surface area contributed by atoms with Crippen molar-refractivity contribution < 1.29 is 14.7 Å². The minimum absolute atomic E-state index is 0.00509. The van der Waals surface area contributed by atoms with Gasteiger partial charge in [-0.2, -0.15) is 0 Å². The van der Waals surface area contributed by atoms with Gasteiger partial charge in [-0.15, -0.1) is 0 Å². The van der Waals surface area contributed by atoms with Gasteiger partial charge in [0.25, 0.3) is 0 Å². The number of hydrogen-bond donors (Lipinski definition) is 1. The maximum absolute atomic E-state index is 12.6. The Morgan fingerprint density at radius 1 is 1.35 bits per heavy atom. The molecule has 0 aliphatic carbocycles. The maximum Gasteiger partial charge on any atom is 0.320 e. The molecule has 6 heteroatoms. The van der Waals surface area contributed by atoms with Gasteiger partial charge in [0, 0.05) is 31.7 Å². The summed E-state index contributed by atoms with van der Waals surface area (Å²) in [6.45, 7) is 5.61. The van der Waals surface area contributed by atoms with Crippen LogP contribution in [0, 0.1) is 0 Å². The second kappa shape index (κ2) is 7.47. The van der Waals surface area contributed by atoms with Gasteiger partial charge in [0.1, 0.15) is 0 Å². The van der Waals surface area contributed by atoms with Gasteiger partial charge in [-0.1, -0.05) is 0 Å². The average molecular weight is 285 g/mol. The lowest BCUT2D eigenvalue weighted by Gasteiger charge is -2.39. The Labute approximate surface area is 121 Å². The van der Waals surface area contributed by atoms with Crippen LogP contribution in [0.2, 0.25) is 0 Å². The minimum atomic E-state index is -0.867. The Balaban J connectivity index is 2.66. The van der Waals surface area contributed by atoms with Crippen LogP contribution < -0.4 is 0 Å². The molecule has 0 bridgehead atoms. The molecule has 0 saturated carbocycles. The van der Waals surface area contributed by atoms with E-state index in [1.54, 1.807) is 4.90 Å². The molecule has 1 atom stereocenters. The number of hydrogen-bond acceptors (Lipinski definition) is 3. The first-order valence-corrected chi connectivity index (χ1v) is 7.26. The van der Waals surface area contributed by atoms with Crippen molar-refractivity contribution in [1.29, 1.82) is 0 Å². The van der Waals surface area contributed by atoms with Crippen LogP contribution in [0.25, 0.3) is 0 Å². The monoisotopic (exact) mass is 285 g/mol. The fourth-order valence-electron chi connectivity index (χ4n) is 2.52. The van der Waals surface area contributed by atoms with Gasteiger partial charge in [-0.3, -0.25) is 4.79 Å². The van der Waals surface area contributed by atoms with Gasteiger partial charge in [0.2, 0.25) is 0 Å². The van der Waals surface area contributed by atoms with Gasteiger partial charge < -0.3 is 19.8 Å².